The fraction of sp³-hybridized carbons (Fsp3) is 0.0769. The Labute approximate surface area is 121 Å². The second-order valence-corrected chi connectivity index (χ2v) is 5.87. The van der Waals surface area contributed by atoms with Crippen LogP contribution in [-0.4, -0.2) is 20.4 Å². The van der Waals surface area contributed by atoms with Crippen LogP contribution < -0.4 is 10.0 Å². The summed E-state index contributed by atoms with van der Waals surface area (Å²) in [6.07, 6.45) is 0. The third kappa shape index (κ3) is 3.48. The van der Waals surface area contributed by atoms with Crippen LogP contribution in [0.15, 0.2) is 53.4 Å². The molecule has 8 heteroatoms. The standard InChI is InChI=1S/C13H13N3O4S/c1-14-10-4-8-13(9-5-10)21(19,20)15-11-2-6-12(7-3-11)16(17)18/h2-9,14-15H,1H3. The Morgan fingerprint density at radius 2 is 1.48 bits per heavy atom. The van der Waals surface area contributed by atoms with Crippen LogP contribution in [-0.2, 0) is 10.0 Å². The third-order valence-corrected chi connectivity index (χ3v) is 4.18. The molecule has 2 aromatic rings. The summed E-state index contributed by atoms with van der Waals surface area (Å²) in [5, 5.41) is 13.4. The number of nitro benzene ring substituents is 1. The highest BCUT2D eigenvalue weighted by atomic mass is 32.2. The summed E-state index contributed by atoms with van der Waals surface area (Å²) >= 11 is 0. The van der Waals surface area contributed by atoms with Crippen LogP contribution in [0.25, 0.3) is 0 Å². The van der Waals surface area contributed by atoms with E-state index in [4.69, 9.17) is 0 Å². The highest BCUT2D eigenvalue weighted by Gasteiger charge is 2.14. The van der Waals surface area contributed by atoms with Gasteiger partial charge in [-0.25, -0.2) is 8.42 Å². The van der Waals surface area contributed by atoms with E-state index in [-0.39, 0.29) is 16.3 Å². The van der Waals surface area contributed by atoms with E-state index in [1.165, 1.54) is 36.4 Å². The molecule has 7 nitrogen and oxygen atoms in total. The van der Waals surface area contributed by atoms with Crippen LogP contribution in [0.3, 0.4) is 0 Å². The first-order chi connectivity index (χ1) is 9.92. The minimum Gasteiger partial charge on any atom is -0.388 e. The van der Waals surface area contributed by atoms with Crippen molar-refractivity contribution in [3.63, 3.8) is 0 Å². The lowest BCUT2D eigenvalue weighted by atomic mass is 10.3. The Hall–Kier alpha value is -2.61. The SMILES string of the molecule is CNc1ccc(S(=O)(=O)Nc2ccc([N+](=O)[O-])cc2)cc1. The van der Waals surface area contributed by atoms with Gasteiger partial charge >= 0.3 is 0 Å². The predicted octanol–water partition coefficient (Wildman–Crippen LogP) is 2.44. The molecule has 0 saturated carbocycles. The minimum absolute atomic E-state index is 0.101. The van der Waals surface area contributed by atoms with Gasteiger partial charge in [0.25, 0.3) is 15.7 Å². The lowest BCUT2D eigenvalue weighted by molar-refractivity contribution is -0.384. The number of nitro groups is 1. The third-order valence-electron chi connectivity index (χ3n) is 2.78. The first-order valence-electron chi connectivity index (χ1n) is 5.97. The summed E-state index contributed by atoms with van der Waals surface area (Å²) < 4.78 is 26.7. The van der Waals surface area contributed by atoms with E-state index < -0.39 is 14.9 Å². The Balaban J connectivity index is 2.21. The molecule has 2 aromatic carbocycles. The molecule has 0 aliphatic carbocycles. The van der Waals surface area contributed by atoms with E-state index in [9.17, 15) is 18.5 Å². The van der Waals surface area contributed by atoms with E-state index in [1.54, 1.807) is 19.2 Å². The van der Waals surface area contributed by atoms with Gasteiger partial charge in [0.05, 0.1) is 9.82 Å². The number of hydrogen-bond acceptors (Lipinski definition) is 5. The molecule has 2 N–H and O–H groups in total. The number of benzene rings is 2. The second kappa shape index (κ2) is 5.80. The number of anilines is 2. The molecule has 0 fully saturated rings. The number of non-ortho nitro benzene ring substituents is 1. The number of rotatable bonds is 5. The molecule has 0 aromatic heterocycles. The summed E-state index contributed by atoms with van der Waals surface area (Å²) in [7, 11) is -1.98. The number of sulfonamides is 1. The van der Waals surface area contributed by atoms with Crippen LogP contribution >= 0.6 is 0 Å². The molecule has 0 aliphatic heterocycles. The number of nitrogens with zero attached hydrogens (tertiary/aromatic N) is 1. The van der Waals surface area contributed by atoms with Gasteiger partial charge in [-0.2, -0.15) is 0 Å². The molecule has 0 spiro atoms. The van der Waals surface area contributed by atoms with Crippen molar-refractivity contribution < 1.29 is 13.3 Å². The monoisotopic (exact) mass is 307 g/mol. The summed E-state index contributed by atoms with van der Waals surface area (Å²) in [5.41, 5.74) is 0.957. The molecule has 0 saturated heterocycles. The molecular formula is C13H13N3O4S. The summed E-state index contributed by atoms with van der Waals surface area (Å²) in [6, 6.07) is 11.4. The molecule has 2 rings (SSSR count). The lowest BCUT2D eigenvalue weighted by Crippen LogP contribution is -2.12. The maximum Gasteiger partial charge on any atom is 0.269 e. The highest BCUT2D eigenvalue weighted by Crippen LogP contribution is 2.20. The van der Waals surface area contributed by atoms with Crippen molar-refractivity contribution in [2.24, 2.45) is 0 Å². The summed E-state index contributed by atoms with van der Waals surface area (Å²) in [4.78, 5) is 10.1. The first-order valence-corrected chi connectivity index (χ1v) is 7.46. The number of hydrogen-bond donors (Lipinski definition) is 2. The largest absolute Gasteiger partial charge is 0.388 e. The van der Waals surface area contributed by atoms with Crippen molar-refractivity contribution >= 4 is 27.1 Å². The highest BCUT2D eigenvalue weighted by molar-refractivity contribution is 7.92. The van der Waals surface area contributed by atoms with Gasteiger partial charge in [-0.05, 0) is 36.4 Å². The predicted molar refractivity (Wildman–Crippen MR) is 79.9 cm³/mol. The maximum absolute atomic E-state index is 12.2. The van der Waals surface area contributed by atoms with Crippen molar-refractivity contribution in [3.05, 3.63) is 58.6 Å². The quantitative estimate of drug-likeness (QED) is 0.652. The van der Waals surface area contributed by atoms with E-state index in [0.717, 1.165) is 5.69 Å². The van der Waals surface area contributed by atoms with E-state index in [0.29, 0.717) is 0 Å². The molecule has 0 bridgehead atoms. The molecule has 21 heavy (non-hydrogen) atoms. The lowest BCUT2D eigenvalue weighted by Gasteiger charge is -2.08. The molecule has 110 valence electrons. The van der Waals surface area contributed by atoms with Crippen LogP contribution in [0, 0.1) is 10.1 Å². The van der Waals surface area contributed by atoms with Gasteiger partial charge in [-0.3, -0.25) is 14.8 Å². The normalized spacial score (nSPS) is 10.9. The second-order valence-electron chi connectivity index (χ2n) is 4.18. The molecule has 0 radical (unpaired) electrons. The molecule has 0 atom stereocenters. The van der Waals surface area contributed by atoms with Gasteiger partial charge in [-0.15, -0.1) is 0 Å². The van der Waals surface area contributed by atoms with Gasteiger partial charge in [0.15, 0.2) is 0 Å². The van der Waals surface area contributed by atoms with Crippen molar-refractivity contribution in [1.29, 1.82) is 0 Å². The van der Waals surface area contributed by atoms with E-state index in [2.05, 4.69) is 10.0 Å². The average molecular weight is 307 g/mol. The van der Waals surface area contributed by atoms with Crippen molar-refractivity contribution in [2.45, 2.75) is 4.90 Å². The zero-order valence-corrected chi connectivity index (χ0v) is 11.9. The minimum atomic E-state index is -3.72. The fourth-order valence-corrected chi connectivity index (χ4v) is 2.72. The van der Waals surface area contributed by atoms with E-state index in [1.807, 2.05) is 0 Å². The Bertz CT molecular complexity index is 740. The summed E-state index contributed by atoms with van der Waals surface area (Å²) in [5.74, 6) is 0. The molecule has 0 unspecified atom stereocenters. The van der Waals surface area contributed by atoms with E-state index >= 15 is 0 Å². The van der Waals surface area contributed by atoms with Gasteiger partial charge in [0.2, 0.25) is 0 Å². The number of nitrogens with one attached hydrogen (secondary N) is 2. The smallest absolute Gasteiger partial charge is 0.269 e. The zero-order valence-electron chi connectivity index (χ0n) is 11.1. The zero-order chi connectivity index (χ0) is 15.5. The van der Waals surface area contributed by atoms with Gasteiger partial charge < -0.3 is 5.32 Å². The Morgan fingerprint density at radius 3 is 1.95 bits per heavy atom. The molecular weight excluding hydrogens is 294 g/mol. The van der Waals surface area contributed by atoms with Crippen molar-refractivity contribution in [2.75, 3.05) is 17.1 Å². The van der Waals surface area contributed by atoms with Crippen LogP contribution in [0.4, 0.5) is 17.1 Å². The Morgan fingerprint density at radius 1 is 0.952 bits per heavy atom. The molecule has 0 heterocycles. The van der Waals surface area contributed by atoms with Crippen molar-refractivity contribution in [3.8, 4) is 0 Å². The van der Waals surface area contributed by atoms with Crippen LogP contribution in [0.2, 0.25) is 0 Å². The molecule has 0 amide bonds. The van der Waals surface area contributed by atoms with Crippen molar-refractivity contribution in [1.82, 2.24) is 0 Å². The van der Waals surface area contributed by atoms with Crippen LogP contribution in [0.1, 0.15) is 0 Å². The van der Waals surface area contributed by atoms with Gasteiger partial charge in [0, 0.05) is 30.6 Å². The van der Waals surface area contributed by atoms with Crippen LogP contribution in [0.5, 0.6) is 0 Å². The fourth-order valence-electron chi connectivity index (χ4n) is 1.67. The van der Waals surface area contributed by atoms with Gasteiger partial charge in [-0.1, -0.05) is 0 Å². The first kappa shape index (κ1) is 14.8. The topological polar surface area (TPSA) is 101 Å². The maximum atomic E-state index is 12.2. The average Bonchev–Trinajstić information content (AvgIpc) is 2.47. The summed E-state index contributed by atoms with van der Waals surface area (Å²) in [6.45, 7) is 0. The Kier molecular flexibility index (Phi) is 4.08. The molecule has 0 aliphatic rings. The van der Waals surface area contributed by atoms with Gasteiger partial charge in [0.1, 0.15) is 0 Å².